The fourth-order valence-corrected chi connectivity index (χ4v) is 3.63. The Labute approximate surface area is 150 Å². The molecule has 128 valence electrons. The molecule has 0 radical (unpaired) electrons. The number of allylic oxidation sites excluding steroid dienone is 1. The van der Waals surface area contributed by atoms with Gasteiger partial charge in [0, 0.05) is 12.2 Å². The lowest BCUT2D eigenvalue weighted by Gasteiger charge is -2.12. The van der Waals surface area contributed by atoms with Gasteiger partial charge in [0.1, 0.15) is 5.82 Å². The molecular weight excluding hydrogens is 337 g/mol. The Balaban J connectivity index is 2.00. The summed E-state index contributed by atoms with van der Waals surface area (Å²) in [6, 6.07) is 11.8. The SMILES string of the molecule is CCN1C(=O)/C(=C(\C)c2ccc(F)cc2)S/C1=N/c1cccc(C)n1. The summed E-state index contributed by atoms with van der Waals surface area (Å²) >= 11 is 1.33. The molecule has 0 unspecified atom stereocenters. The van der Waals surface area contributed by atoms with Crippen LogP contribution >= 0.6 is 11.8 Å². The number of amides is 1. The molecule has 0 N–H and O–H groups in total. The van der Waals surface area contributed by atoms with Gasteiger partial charge in [-0.2, -0.15) is 0 Å². The first-order chi connectivity index (χ1) is 12.0. The third-order valence-electron chi connectivity index (χ3n) is 3.88. The number of benzene rings is 1. The molecule has 2 heterocycles. The van der Waals surface area contributed by atoms with Gasteiger partial charge in [-0.3, -0.25) is 9.69 Å². The van der Waals surface area contributed by atoms with Crippen LogP contribution in [0.3, 0.4) is 0 Å². The summed E-state index contributed by atoms with van der Waals surface area (Å²) in [6.45, 7) is 6.21. The largest absolute Gasteiger partial charge is 0.287 e. The van der Waals surface area contributed by atoms with Crippen LogP contribution in [-0.4, -0.2) is 27.5 Å². The van der Waals surface area contributed by atoms with E-state index in [1.807, 2.05) is 39.0 Å². The van der Waals surface area contributed by atoms with Crippen molar-refractivity contribution in [2.45, 2.75) is 20.8 Å². The lowest BCUT2D eigenvalue weighted by molar-refractivity contribution is -0.122. The molecule has 3 rings (SSSR count). The van der Waals surface area contributed by atoms with Crippen molar-refractivity contribution in [3.63, 3.8) is 0 Å². The zero-order valence-corrected chi connectivity index (χ0v) is 15.1. The third kappa shape index (κ3) is 3.64. The second kappa shape index (κ2) is 7.19. The van der Waals surface area contributed by atoms with E-state index in [2.05, 4.69) is 9.98 Å². The number of aliphatic imine (C=N–C) groups is 1. The van der Waals surface area contributed by atoms with E-state index in [1.165, 1.54) is 23.9 Å². The van der Waals surface area contributed by atoms with Gasteiger partial charge in [-0.15, -0.1) is 0 Å². The predicted molar refractivity (Wildman–Crippen MR) is 100 cm³/mol. The summed E-state index contributed by atoms with van der Waals surface area (Å²) in [4.78, 5) is 23.9. The van der Waals surface area contributed by atoms with Crippen molar-refractivity contribution in [3.8, 4) is 0 Å². The summed E-state index contributed by atoms with van der Waals surface area (Å²) in [5.74, 6) is 0.199. The molecule has 1 aromatic heterocycles. The molecule has 1 aliphatic rings. The molecule has 25 heavy (non-hydrogen) atoms. The quantitative estimate of drug-likeness (QED) is 0.759. The molecule has 0 bridgehead atoms. The highest BCUT2D eigenvalue weighted by Crippen LogP contribution is 2.37. The van der Waals surface area contributed by atoms with Crippen LogP contribution in [0.4, 0.5) is 10.2 Å². The molecule has 0 saturated carbocycles. The summed E-state index contributed by atoms with van der Waals surface area (Å²) in [5.41, 5.74) is 2.51. The first kappa shape index (κ1) is 17.4. The molecule has 1 aliphatic heterocycles. The van der Waals surface area contributed by atoms with Crippen molar-refractivity contribution >= 4 is 34.2 Å². The average molecular weight is 355 g/mol. The summed E-state index contributed by atoms with van der Waals surface area (Å²) in [7, 11) is 0. The zero-order valence-electron chi connectivity index (χ0n) is 14.3. The molecule has 1 fully saturated rings. The minimum atomic E-state index is -0.296. The minimum Gasteiger partial charge on any atom is -0.287 e. The number of carbonyl (C=O) groups excluding carboxylic acids is 1. The number of aromatic nitrogens is 1. The molecule has 2 aromatic rings. The van der Waals surface area contributed by atoms with Crippen LogP contribution in [0.15, 0.2) is 52.4 Å². The summed E-state index contributed by atoms with van der Waals surface area (Å²) < 4.78 is 13.1. The van der Waals surface area contributed by atoms with E-state index in [1.54, 1.807) is 17.0 Å². The number of hydrogen-bond acceptors (Lipinski definition) is 4. The van der Waals surface area contributed by atoms with Gasteiger partial charge in [0.25, 0.3) is 5.91 Å². The molecule has 6 heteroatoms. The summed E-state index contributed by atoms with van der Waals surface area (Å²) in [6.07, 6.45) is 0. The Bertz CT molecular complexity index is 874. The van der Waals surface area contributed by atoms with E-state index in [0.717, 1.165) is 16.8 Å². The highest BCUT2D eigenvalue weighted by molar-refractivity contribution is 8.18. The Hall–Kier alpha value is -2.47. The van der Waals surface area contributed by atoms with Crippen molar-refractivity contribution < 1.29 is 9.18 Å². The number of rotatable bonds is 3. The zero-order chi connectivity index (χ0) is 18.0. The number of thioether (sulfide) groups is 1. The van der Waals surface area contributed by atoms with Gasteiger partial charge in [-0.05, 0) is 67.9 Å². The van der Waals surface area contributed by atoms with Gasteiger partial charge < -0.3 is 0 Å². The van der Waals surface area contributed by atoms with E-state index in [4.69, 9.17) is 0 Å². The Morgan fingerprint density at radius 1 is 1.24 bits per heavy atom. The lowest BCUT2D eigenvalue weighted by Crippen LogP contribution is -2.28. The van der Waals surface area contributed by atoms with Crippen LogP contribution in [-0.2, 0) is 4.79 Å². The maximum absolute atomic E-state index is 13.1. The predicted octanol–water partition coefficient (Wildman–Crippen LogP) is 4.54. The standard InChI is InChI=1S/C19H18FN3OS/c1-4-23-18(24)17(13(3)14-8-10-15(20)11-9-14)25-19(23)22-16-7-5-6-12(2)21-16/h5-11H,4H2,1-3H3/b17-13-,22-19+. The van der Waals surface area contributed by atoms with Gasteiger partial charge in [-0.25, -0.2) is 14.4 Å². The molecule has 0 aliphatic carbocycles. The third-order valence-corrected chi connectivity index (χ3v) is 5.06. The van der Waals surface area contributed by atoms with Crippen molar-refractivity contribution in [3.05, 3.63) is 64.4 Å². The van der Waals surface area contributed by atoms with Crippen LogP contribution in [0.2, 0.25) is 0 Å². The van der Waals surface area contributed by atoms with Crippen LogP contribution in [0.25, 0.3) is 5.57 Å². The molecule has 1 aromatic carbocycles. The molecule has 0 spiro atoms. The van der Waals surface area contributed by atoms with Crippen LogP contribution < -0.4 is 0 Å². The number of nitrogens with zero attached hydrogens (tertiary/aromatic N) is 3. The fourth-order valence-electron chi connectivity index (χ4n) is 2.52. The number of carbonyl (C=O) groups is 1. The van der Waals surface area contributed by atoms with Crippen LogP contribution in [0.5, 0.6) is 0 Å². The van der Waals surface area contributed by atoms with Gasteiger partial charge >= 0.3 is 0 Å². The Kier molecular flexibility index (Phi) is 4.99. The first-order valence-electron chi connectivity index (χ1n) is 7.98. The van der Waals surface area contributed by atoms with E-state index in [-0.39, 0.29) is 11.7 Å². The number of halogens is 1. The topological polar surface area (TPSA) is 45.6 Å². The lowest BCUT2D eigenvalue weighted by atomic mass is 10.1. The van der Waals surface area contributed by atoms with E-state index < -0.39 is 0 Å². The average Bonchev–Trinajstić information content (AvgIpc) is 2.90. The summed E-state index contributed by atoms with van der Waals surface area (Å²) in [5, 5.41) is 0.613. The van der Waals surface area contributed by atoms with Gasteiger partial charge in [0.05, 0.1) is 4.91 Å². The number of likely N-dealkylation sites (N-methyl/N-ethyl adjacent to an activating group) is 1. The van der Waals surface area contributed by atoms with Crippen molar-refractivity contribution in [1.82, 2.24) is 9.88 Å². The van der Waals surface area contributed by atoms with Crippen molar-refractivity contribution in [2.24, 2.45) is 4.99 Å². The van der Waals surface area contributed by atoms with Gasteiger partial charge in [0.2, 0.25) is 0 Å². The van der Waals surface area contributed by atoms with Gasteiger partial charge in [-0.1, -0.05) is 18.2 Å². The van der Waals surface area contributed by atoms with Crippen molar-refractivity contribution in [2.75, 3.05) is 6.54 Å². The maximum Gasteiger partial charge on any atom is 0.267 e. The number of pyridine rings is 1. The second-order valence-electron chi connectivity index (χ2n) is 5.64. The highest BCUT2D eigenvalue weighted by Gasteiger charge is 2.34. The van der Waals surface area contributed by atoms with Gasteiger partial charge in [0.15, 0.2) is 11.0 Å². The monoisotopic (exact) mass is 355 g/mol. The number of aryl methyl sites for hydroxylation is 1. The Morgan fingerprint density at radius 3 is 2.60 bits per heavy atom. The number of hydrogen-bond donors (Lipinski definition) is 0. The van der Waals surface area contributed by atoms with Crippen molar-refractivity contribution in [1.29, 1.82) is 0 Å². The Morgan fingerprint density at radius 2 is 1.96 bits per heavy atom. The minimum absolute atomic E-state index is 0.0827. The maximum atomic E-state index is 13.1. The normalized spacial score (nSPS) is 18.2. The fraction of sp³-hybridized carbons (Fsp3) is 0.211. The highest BCUT2D eigenvalue weighted by atomic mass is 32.2. The number of amidine groups is 1. The molecule has 1 amide bonds. The van der Waals surface area contributed by atoms with E-state index in [9.17, 15) is 9.18 Å². The molecule has 1 saturated heterocycles. The first-order valence-corrected chi connectivity index (χ1v) is 8.80. The van der Waals surface area contributed by atoms with E-state index >= 15 is 0 Å². The van der Waals surface area contributed by atoms with E-state index in [0.29, 0.717) is 22.4 Å². The molecule has 0 atom stereocenters. The molecular formula is C19H18FN3OS. The molecule has 4 nitrogen and oxygen atoms in total. The second-order valence-corrected chi connectivity index (χ2v) is 6.62. The smallest absolute Gasteiger partial charge is 0.267 e. The van der Waals surface area contributed by atoms with Crippen LogP contribution in [0, 0.1) is 12.7 Å². The van der Waals surface area contributed by atoms with Crippen LogP contribution in [0.1, 0.15) is 25.1 Å².